The molecule has 96 valence electrons. The second kappa shape index (κ2) is 6.35. The summed E-state index contributed by atoms with van der Waals surface area (Å²) in [5, 5.41) is 13.4. The number of hydrogen-bond acceptors (Lipinski definition) is 4. The van der Waals surface area contributed by atoms with Crippen molar-refractivity contribution in [2.45, 2.75) is 32.6 Å². The second-order valence-electron chi connectivity index (χ2n) is 3.83. The highest BCUT2D eigenvalue weighted by Gasteiger charge is 2.12. The molecule has 0 bridgehead atoms. The summed E-state index contributed by atoms with van der Waals surface area (Å²) in [7, 11) is 0. The second-order valence-corrected chi connectivity index (χ2v) is 4.61. The summed E-state index contributed by atoms with van der Waals surface area (Å²) in [6, 6.07) is 0. The zero-order chi connectivity index (χ0) is 13.0. The zero-order valence-electron chi connectivity index (χ0n) is 9.56. The van der Waals surface area contributed by atoms with Crippen molar-refractivity contribution in [2.75, 3.05) is 6.61 Å². The van der Waals surface area contributed by atoms with Crippen LogP contribution in [-0.4, -0.2) is 33.7 Å². The molecular formula is C10H14Cl2N2O3. The van der Waals surface area contributed by atoms with E-state index in [9.17, 15) is 9.90 Å². The molecule has 1 atom stereocenters. The summed E-state index contributed by atoms with van der Waals surface area (Å²) >= 11 is 11.3. The number of hydrogen-bond donors (Lipinski definition) is 1. The molecule has 0 radical (unpaired) electrons. The number of aliphatic hydroxyl groups is 1. The quantitative estimate of drug-likeness (QED) is 0.884. The van der Waals surface area contributed by atoms with Gasteiger partial charge in [0.15, 0.2) is 0 Å². The van der Waals surface area contributed by atoms with Crippen molar-refractivity contribution in [1.29, 1.82) is 0 Å². The normalized spacial score (nSPS) is 13.1. The molecule has 1 N–H and O–H groups in total. The van der Waals surface area contributed by atoms with Crippen molar-refractivity contribution in [3.05, 3.63) is 26.6 Å². The molecule has 0 spiro atoms. The highest BCUT2D eigenvalue weighted by Crippen LogP contribution is 2.14. The van der Waals surface area contributed by atoms with Gasteiger partial charge in [-0.15, -0.1) is 0 Å². The van der Waals surface area contributed by atoms with Crippen LogP contribution in [0.5, 0.6) is 0 Å². The van der Waals surface area contributed by atoms with Gasteiger partial charge in [0.25, 0.3) is 5.56 Å². The fourth-order valence-corrected chi connectivity index (χ4v) is 1.40. The largest absolute Gasteiger partial charge is 0.389 e. The average Bonchev–Trinajstić information content (AvgIpc) is 2.27. The lowest BCUT2D eigenvalue weighted by Crippen LogP contribution is -2.32. The monoisotopic (exact) mass is 280 g/mol. The van der Waals surface area contributed by atoms with Crippen LogP contribution in [0.2, 0.25) is 10.0 Å². The Hall–Kier alpha value is -0.620. The Morgan fingerprint density at radius 2 is 2.18 bits per heavy atom. The molecule has 0 aliphatic rings. The molecule has 17 heavy (non-hydrogen) atoms. The van der Waals surface area contributed by atoms with E-state index < -0.39 is 11.7 Å². The topological polar surface area (TPSA) is 64.3 Å². The van der Waals surface area contributed by atoms with E-state index in [2.05, 4.69) is 5.10 Å². The smallest absolute Gasteiger partial charge is 0.287 e. The lowest BCUT2D eigenvalue weighted by Gasteiger charge is -2.14. The van der Waals surface area contributed by atoms with Crippen LogP contribution in [0.3, 0.4) is 0 Å². The van der Waals surface area contributed by atoms with Gasteiger partial charge in [-0.1, -0.05) is 23.2 Å². The Balaban J connectivity index is 2.69. The highest BCUT2D eigenvalue weighted by atomic mass is 35.5. The first kappa shape index (κ1) is 14.4. The molecule has 0 aliphatic heterocycles. The maximum Gasteiger partial charge on any atom is 0.287 e. The number of aromatic nitrogens is 2. The summed E-state index contributed by atoms with van der Waals surface area (Å²) < 4.78 is 6.28. The van der Waals surface area contributed by atoms with E-state index in [4.69, 9.17) is 27.9 Å². The first-order valence-electron chi connectivity index (χ1n) is 5.12. The number of aliphatic hydroxyl groups excluding tert-OH is 1. The number of rotatable bonds is 5. The third kappa shape index (κ3) is 4.27. The molecule has 0 aromatic carbocycles. The molecule has 1 heterocycles. The third-order valence-corrected chi connectivity index (χ3v) is 2.70. The van der Waals surface area contributed by atoms with E-state index in [0.29, 0.717) is 0 Å². The van der Waals surface area contributed by atoms with E-state index in [-0.39, 0.29) is 29.3 Å². The van der Waals surface area contributed by atoms with E-state index in [1.807, 2.05) is 13.8 Å². The standard InChI is InChI=1S/C10H14Cl2N2O3/c1-6(2)17-5-7(15)4-14-10(16)9(12)8(11)3-13-14/h3,6-7,15H,4-5H2,1-2H3. The summed E-state index contributed by atoms with van der Waals surface area (Å²) in [6.45, 7) is 3.86. The maximum absolute atomic E-state index is 11.6. The van der Waals surface area contributed by atoms with Crippen LogP contribution in [0.1, 0.15) is 13.8 Å². The van der Waals surface area contributed by atoms with Crippen molar-refractivity contribution < 1.29 is 9.84 Å². The molecule has 7 heteroatoms. The van der Waals surface area contributed by atoms with Gasteiger partial charge in [-0.2, -0.15) is 5.10 Å². The number of ether oxygens (including phenoxy) is 1. The van der Waals surface area contributed by atoms with Crippen molar-refractivity contribution >= 4 is 23.2 Å². The minimum absolute atomic E-state index is 0.0163. The maximum atomic E-state index is 11.6. The van der Waals surface area contributed by atoms with Gasteiger partial charge in [0.05, 0.1) is 36.6 Å². The summed E-state index contributed by atoms with van der Waals surface area (Å²) in [5.41, 5.74) is -0.525. The van der Waals surface area contributed by atoms with E-state index in [1.54, 1.807) is 0 Å². The fourth-order valence-electron chi connectivity index (χ4n) is 1.13. The number of nitrogens with zero attached hydrogens (tertiary/aromatic N) is 2. The van der Waals surface area contributed by atoms with Gasteiger partial charge in [0.2, 0.25) is 0 Å². The van der Waals surface area contributed by atoms with Crippen molar-refractivity contribution in [3.63, 3.8) is 0 Å². The fraction of sp³-hybridized carbons (Fsp3) is 0.600. The van der Waals surface area contributed by atoms with Gasteiger partial charge in [0.1, 0.15) is 5.02 Å². The molecule has 5 nitrogen and oxygen atoms in total. The van der Waals surface area contributed by atoms with Crippen LogP contribution >= 0.6 is 23.2 Å². The minimum Gasteiger partial charge on any atom is -0.389 e. The first-order chi connectivity index (χ1) is 7.91. The van der Waals surface area contributed by atoms with E-state index in [1.165, 1.54) is 6.20 Å². The van der Waals surface area contributed by atoms with Gasteiger partial charge in [0, 0.05) is 0 Å². The lowest BCUT2D eigenvalue weighted by molar-refractivity contribution is -0.00257. The number of halogens is 2. The predicted octanol–water partition coefficient (Wildman–Crippen LogP) is 1.34. The van der Waals surface area contributed by atoms with Gasteiger partial charge >= 0.3 is 0 Å². The van der Waals surface area contributed by atoms with Crippen LogP contribution in [0, 0.1) is 0 Å². The Kier molecular flexibility index (Phi) is 5.39. The molecule has 0 fully saturated rings. The van der Waals surface area contributed by atoms with Gasteiger partial charge in [-0.25, -0.2) is 4.68 Å². The van der Waals surface area contributed by atoms with E-state index in [0.717, 1.165) is 4.68 Å². The molecule has 0 amide bonds. The van der Waals surface area contributed by atoms with Crippen molar-refractivity contribution in [3.8, 4) is 0 Å². The van der Waals surface area contributed by atoms with Crippen LogP contribution in [0.25, 0.3) is 0 Å². The molecule has 1 aromatic heterocycles. The van der Waals surface area contributed by atoms with Crippen LogP contribution < -0.4 is 5.56 Å². The Morgan fingerprint density at radius 1 is 1.53 bits per heavy atom. The molecular weight excluding hydrogens is 267 g/mol. The highest BCUT2D eigenvalue weighted by molar-refractivity contribution is 6.41. The van der Waals surface area contributed by atoms with Crippen molar-refractivity contribution in [2.24, 2.45) is 0 Å². The summed E-state index contributed by atoms with van der Waals surface area (Å²) in [5.74, 6) is 0. The minimum atomic E-state index is -0.820. The first-order valence-corrected chi connectivity index (χ1v) is 5.88. The average molecular weight is 281 g/mol. The molecule has 0 saturated heterocycles. The molecule has 0 saturated carbocycles. The third-order valence-electron chi connectivity index (χ3n) is 1.95. The summed E-state index contributed by atoms with van der Waals surface area (Å²) in [6.07, 6.45) is 0.462. The lowest BCUT2D eigenvalue weighted by atomic mass is 10.3. The van der Waals surface area contributed by atoms with Gasteiger partial charge < -0.3 is 9.84 Å². The Labute approximate surface area is 109 Å². The van der Waals surface area contributed by atoms with Crippen LogP contribution in [-0.2, 0) is 11.3 Å². The van der Waals surface area contributed by atoms with Gasteiger partial charge in [-0.3, -0.25) is 4.79 Å². The summed E-state index contributed by atoms with van der Waals surface area (Å²) in [4.78, 5) is 11.6. The molecule has 1 rings (SSSR count). The molecule has 0 aliphatic carbocycles. The van der Waals surface area contributed by atoms with Crippen LogP contribution in [0.4, 0.5) is 0 Å². The Morgan fingerprint density at radius 3 is 2.76 bits per heavy atom. The molecule has 1 aromatic rings. The predicted molar refractivity (Wildman–Crippen MR) is 65.6 cm³/mol. The molecule has 1 unspecified atom stereocenters. The van der Waals surface area contributed by atoms with E-state index >= 15 is 0 Å². The van der Waals surface area contributed by atoms with Gasteiger partial charge in [-0.05, 0) is 13.8 Å². The SMILES string of the molecule is CC(C)OCC(O)Cn1ncc(Cl)c(Cl)c1=O. The van der Waals surface area contributed by atoms with Crippen molar-refractivity contribution in [1.82, 2.24) is 9.78 Å². The zero-order valence-corrected chi connectivity index (χ0v) is 11.1. The Bertz CT molecular complexity index is 434. The van der Waals surface area contributed by atoms with Crippen LogP contribution in [0.15, 0.2) is 11.0 Å².